The van der Waals surface area contributed by atoms with Crippen molar-refractivity contribution < 1.29 is 0 Å². The lowest BCUT2D eigenvalue weighted by molar-refractivity contribution is 0.163. The minimum absolute atomic E-state index is 0.448. The van der Waals surface area contributed by atoms with Crippen molar-refractivity contribution in [3.8, 4) is 0 Å². The summed E-state index contributed by atoms with van der Waals surface area (Å²) in [5.41, 5.74) is 1.19. The molecule has 0 spiro atoms. The number of hydrogen-bond donors (Lipinski definition) is 0. The van der Waals surface area contributed by atoms with Gasteiger partial charge in [-0.05, 0) is 51.6 Å². The Hall–Kier alpha value is -0.540. The fourth-order valence-electron chi connectivity index (χ4n) is 2.66. The molecule has 0 saturated carbocycles. The molecule has 2 heterocycles. The lowest BCUT2D eigenvalue weighted by atomic mass is 9.95. The second kappa shape index (κ2) is 6.58. The fraction of sp³-hybridized carbons (Fsp3) is 0.786. The van der Waals surface area contributed by atoms with Crippen molar-refractivity contribution in [2.45, 2.75) is 45.7 Å². The molecule has 18 heavy (non-hydrogen) atoms. The van der Waals surface area contributed by atoms with E-state index in [1.165, 1.54) is 31.6 Å². The standard InChI is InChI=1S/C14H24ClN3/c1-12(2)18-9-6-14(16-18)11-17-8-3-4-13(10-17)5-7-15/h6,9,12-13H,3-5,7-8,10-11H2,1-2H3. The van der Waals surface area contributed by atoms with Crippen LogP contribution in [-0.4, -0.2) is 33.6 Å². The predicted molar refractivity (Wildman–Crippen MR) is 76.0 cm³/mol. The summed E-state index contributed by atoms with van der Waals surface area (Å²) >= 11 is 5.85. The molecular formula is C14H24ClN3. The Morgan fingerprint density at radius 3 is 3.00 bits per heavy atom. The summed E-state index contributed by atoms with van der Waals surface area (Å²) in [5, 5.41) is 4.62. The van der Waals surface area contributed by atoms with Crippen LogP contribution in [0.25, 0.3) is 0 Å². The molecule has 0 aliphatic carbocycles. The van der Waals surface area contributed by atoms with Gasteiger partial charge in [0.05, 0.1) is 5.69 Å². The van der Waals surface area contributed by atoms with Crippen LogP contribution in [0.4, 0.5) is 0 Å². The van der Waals surface area contributed by atoms with Crippen molar-refractivity contribution in [3.63, 3.8) is 0 Å². The highest BCUT2D eigenvalue weighted by atomic mass is 35.5. The van der Waals surface area contributed by atoms with E-state index in [9.17, 15) is 0 Å². The molecule has 0 N–H and O–H groups in total. The van der Waals surface area contributed by atoms with Gasteiger partial charge >= 0.3 is 0 Å². The molecule has 1 aliphatic rings. The lowest BCUT2D eigenvalue weighted by Crippen LogP contribution is -2.35. The third kappa shape index (κ3) is 3.72. The van der Waals surface area contributed by atoms with E-state index in [-0.39, 0.29) is 0 Å². The zero-order valence-corrected chi connectivity index (χ0v) is 12.2. The number of likely N-dealkylation sites (tertiary alicyclic amines) is 1. The summed E-state index contributed by atoms with van der Waals surface area (Å²) in [6.07, 6.45) is 5.87. The average molecular weight is 270 g/mol. The molecule has 102 valence electrons. The largest absolute Gasteiger partial charge is 0.297 e. The second-order valence-electron chi connectivity index (χ2n) is 5.60. The fourth-order valence-corrected chi connectivity index (χ4v) is 2.97. The molecule has 0 radical (unpaired) electrons. The number of piperidine rings is 1. The molecule has 1 aromatic rings. The highest BCUT2D eigenvalue weighted by Gasteiger charge is 2.20. The zero-order chi connectivity index (χ0) is 13.0. The third-order valence-corrected chi connectivity index (χ3v) is 3.92. The Morgan fingerprint density at radius 2 is 2.33 bits per heavy atom. The maximum atomic E-state index is 5.85. The minimum Gasteiger partial charge on any atom is -0.297 e. The average Bonchev–Trinajstić information content (AvgIpc) is 2.78. The van der Waals surface area contributed by atoms with Crippen LogP contribution in [-0.2, 0) is 6.54 Å². The molecule has 1 saturated heterocycles. The van der Waals surface area contributed by atoms with E-state index in [1.54, 1.807) is 0 Å². The molecule has 1 atom stereocenters. The monoisotopic (exact) mass is 269 g/mol. The van der Waals surface area contributed by atoms with Gasteiger partial charge in [0.1, 0.15) is 0 Å². The highest BCUT2D eigenvalue weighted by Crippen LogP contribution is 2.21. The van der Waals surface area contributed by atoms with Crippen molar-refractivity contribution in [1.29, 1.82) is 0 Å². The number of nitrogens with zero attached hydrogens (tertiary/aromatic N) is 3. The summed E-state index contributed by atoms with van der Waals surface area (Å²) in [4.78, 5) is 2.52. The first-order chi connectivity index (χ1) is 8.69. The zero-order valence-electron chi connectivity index (χ0n) is 11.5. The van der Waals surface area contributed by atoms with Gasteiger partial charge in [-0.25, -0.2) is 0 Å². The second-order valence-corrected chi connectivity index (χ2v) is 5.98. The van der Waals surface area contributed by atoms with Gasteiger partial charge in [-0.3, -0.25) is 9.58 Å². The molecule has 0 bridgehead atoms. The van der Waals surface area contributed by atoms with Gasteiger partial charge in [-0.15, -0.1) is 11.6 Å². The number of aromatic nitrogens is 2. The number of alkyl halides is 1. The third-order valence-electron chi connectivity index (χ3n) is 3.70. The van der Waals surface area contributed by atoms with Crippen LogP contribution < -0.4 is 0 Å². The predicted octanol–water partition coefficient (Wildman–Crippen LogP) is 3.30. The lowest BCUT2D eigenvalue weighted by Gasteiger charge is -2.31. The molecule has 1 aromatic heterocycles. The normalized spacial score (nSPS) is 21.7. The van der Waals surface area contributed by atoms with Crippen LogP contribution in [0, 0.1) is 5.92 Å². The Labute approximate surface area is 115 Å². The van der Waals surface area contributed by atoms with E-state index in [1.807, 2.05) is 4.68 Å². The Kier molecular flexibility index (Phi) is 5.07. The number of rotatable bonds is 5. The van der Waals surface area contributed by atoms with E-state index < -0.39 is 0 Å². The van der Waals surface area contributed by atoms with Gasteiger partial charge in [0.25, 0.3) is 0 Å². The molecular weight excluding hydrogens is 246 g/mol. The van der Waals surface area contributed by atoms with Gasteiger partial charge in [-0.1, -0.05) is 0 Å². The molecule has 1 fully saturated rings. The van der Waals surface area contributed by atoms with Crippen LogP contribution in [0.5, 0.6) is 0 Å². The van der Waals surface area contributed by atoms with Crippen molar-refractivity contribution >= 4 is 11.6 Å². The van der Waals surface area contributed by atoms with Gasteiger partial charge in [-0.2, -0.15) is 5.10 Å². The quantitative estimate of drug-likeness (QED) is 0.765. The van der Waals surface area contributed by atoms with E-state index >= 15 is 0 Å². The maximum absolute atomic E-state index is 5.85. The molecule has 0 aromatic carbocycles. The maximum Gasteiger partial charge on any atom is 0.0764 e. The van der Waals surface area contributed by atoms with E-state index in [0.29, 0.717) is 6.04 Å². The van der Waals surface area contributed by atoms with E-state index in [2.05, 4.69) is 36.1 Å². The first kappa shape index (κ1) is 13.9. The van der Waals surface area contributed by atoms with Gasteiger partial charge in [0, 0.05) is 31.2 Å². The van der Waals surface area contributed by atoms with E-state index in [0.717, 1.165) is 24.8 Å². The van der Waals surface area contributed by atoms with Crippen molar-refractivity contribution in [1.82, 2.24) is 14.7 Å². The summed E-state index contributed by atoms with van der Waals surface area (Å²) in [6.45, 7) is 7.69. The van der Waals surface area contributed by atoms with Crippen LogP contribution in [0.15, 0.2) is 12.3 Å². The van der Waals surface area contributed by atoms with Crippen molar-refractivity contribution in [2.75, 3.05) is 19.0 Å². The topological polar surface area (TPSA) is 21.1 Å². The molecule has 2 rings (SSSR count). The van der Waals surface area contributed by atoms with E-state index in [4.69, 9.17) is 11.6 Å². The van der Waals surface area contributed by atoms with Gasteiger partial charge < -0.3 is 0 Å². The minimum atomic E-state index is 0.448. The van der Waals surface area contributed by atoms with Crippen LogP contribution >= 0.6 is 11.6 Å². The Bertz CT molecular complexity index is 360. The Balaban J connectivity index is 1.87. The first-order valence-electron chi connectivity index (χ1n) is 7.01. The van der Waals surface area contributed by atoms with Crippen LogP contribution in [0.1, 0.15) is 44.8 Å². The number of halogens is 1. The summed E-state index contributed by atoms with van der Waals surface area (Å²) in [5.74, 6) is 1.57. The highest BCUT2D eigenvalue weighted by molar-refractivity contribution is 6.17. The van der Waals surface area contributed by atoms with Gasteiger partial charge in [0.2, 0.25) is 0 Å². The first-order valence-corrected chi connectivity index (χ1v) is 7.55. The number of hydrogen-bond acceptors (Lipinski definition) is 2. The molecule has 3 nitrogen and oxygen atoms in total. The molecule has 1 unspecified atom stereocenters. The van der Waals surface area contributed by atoms with Crippen LogP contribution in [0.3, 0.4) is 0 Å². The Morgan fingerprint density at radius 1 is 1.50 bits per heavy atom. The van der Waals surface area contributed by atoms with Crippen molar-refractivity contribution in [2.24, 2.45) is 5.92 Å². The van der Waals surface area contributed by atoms with Crippen LogP contribution in [0.2, 0.25) is 0 Å². The molecule has 1 aliphatic heterocycles. The summed E-state index contributed by atoms with van der Waals surface area (Å²) < 4.78 is 2.04. The van der Waals surface area contributed by atoms with Crippen molar-refractivity contribution in [3.05, 3.63) is 18.0 Å². The van der Waals surface area contributed by atoms with Gasteiger partial charge in [0.15, 0.2) is 0 Å². The SMILES string of the molecule is CC(C)n1ccc(CN2CCCC(CCCl)C2)n1. The molecule has 4 heteroatoms. The summed E-state index contributed by atoms with van der Waals surface area (Å²) in [7, 11) is 0. The molecule has 0 amide bonds. The smallest absolute Gasteiger partial charge is 0.0764 e. The summed E-state index contributed by atoms with van der Waals surface area (Å²) in [6, 6.07) is 2.59.